The van der Waals surface area contributed by atoms with Crippen molar-refractivity contribution in [2.75, 3.05) is 0 Å². The molecule has 0 atom stereocenters. The smallest absolute Gasteiger partial charge is 0.0455 e. The highest BCUT2D eigenvalue weighted by molar-refractivity contribution is 5.50. The molecule has 0 spiro atoms. The Labute approximate surface area is 78.8 Å². The number of rotatable bonds is 2. The number of H-pyrrole nitrogens is 1. The van der Waals surface area contributed by atoms with Gasteiger partial charge in [-0.2, -0.15) is 0 Å². The van der Waals surface area contributed by atoms with E-state index in [9.17, 15) is 0 Å². The molecule has 1 rings (SSSR count). The van der Waals surface area contributed by atoms with Gasteiger partial charge < -0.3 is 4.98 Å². The highest BCUT2D eigenvalue weighted by Gasteiger charge is 1.97. The molecular weight excluding hydrogens is 158 g/mol. The summed E-state index contributed by atoms with van der Waals surface area (Å²) >= 11 is 0. The van der Waals surface area contributed by atoms with Crippen molar-refractivity contribution >= 4 is 18.7 Å². The fourth-order valence-corrected chi connectivity index (χ4v) is 1.22. The zero-order chi connectivity index (χ0) is 9.84. The molecule has 0 aliphatic heterocycles. The summed E-state index contributed by atoms with van der Waals surface area (Å²) < 4.78 is 0. The average Bonchev–Trinajstić information content (AvgIpc) is 2.41. The van der Waals surface area contributed by atoms with Crippen LogP contribution in [0, 0.1) is 6.92 Å². The van der Waals surface area contributed by atoms with E-state index in [0.717, 1.165) is 16.3 Å². The third-order valence-electron chi connectivity index (χ3n) is 2.11. The Balaban J connectivity index is 3.41. The lowest BCUT2D eigenvalue weighted by Gasteiger charge is -1.85. The second-order valence-corrected chi connectivity index (χ2v) is 2.95. The molecule has 68 valence electrons. The maximum absolute atomic E-state index is 4.00. The van der Waals surface area contributed by atoms with E-state index in [1.54, 1.807) is 0 Å². The van der Waals surface area contributed by atoms with Gasteiger partial charge in [-0.3, -0.25) is 0 Å². The minimum Gasteiger partial charge on any atom is -0.355 e. The van der Waals surface area contributed by atoms with Crippen molar-refractivity contribution < 1.29 is 0 Å². The SMILES string of the molecule is C=Cc1[nH]/c(=C/C=C\C)c(=C)c1C. The van der Waals surface area contributed by atoms with Crippen LogP contribution in [-0.2, 0) is 0 Å². The maximum atomic E-state index is 4.00. The van der Waals surface area contributed by atoms with Gasteiger partial charge in [0.15, 0.2) is 0 Å². The first-order chi connectivity index (χ1) is 6.20. The third kappa shape index (κ3) is 1.81. The van der Waals surface area contributed by atoms with Crippen LogP contribution in [-0.4, -0.2) is 4.98 Å². The lowest BCUT2D eigenvalue weighted by Crippen LogP contribution is -2.21. The van der Waals surface area contributed by atoms with E-state index in [2.05, 4.69) is 18.1 Å². The van der Waals surface area contributed by atoms with E-state index < -0.39 is 0 Å². The van der Waals surface area contributed by atoms with Gasteiger partial charge in [0.05, 0.1) is 0 Å². The first kappa shape index (κ1) is 9.59. The standard InChI is InChI=1S/C12H15N/c1-5-7-8-12-10(4)9(3)11(6-2)13-12/h5-8,13H,2,4H2,1,3H3/b7-5-,12-8+. The van der Waals surface area contributed by atoms with Crippen LogP contribution in [0.15, 0.2) is 18.7 Å². The molecule has 1 heteroatoms. The molecule has 0 fully saturated rings. The summed E-state index contributed by atoms with van der Waals surface area (Å²) in [5.41, 5.74) is 2.23. The van der Waals surface area contributed by atoms with Crippen molar-refractivity contribution in [1.82, 2.24) is 4.98 Å². The van der Waals surface area contributed by atoms with Crippen molar-refractivity contribution in [1.29, 1.82) is 0 Å². The van der Waals surface area contributed by atoms with E-state index >= 15 is 0 Å². The number of allylic oxidation sites excluding steroid dienone is 2. The summed E-state index contributed by atoms with van der Waals surface area (Å²) in [6.45, 7) is 11.8. The quantitative estimate of drug-likeness (QED) is 0.701. The number of nitrogens with one attached hydrogen (secondary N) is 1. The molecule has 0 bridgehead atoms. The molecular formula is C12H15N. The molecule has 1 heterocycles. The molecule has 0 aliphatic carbocycles. The van der Waals surface area contributed by atoms with Crippen LogP contribution in [0.1, 0.15) is 18.2 Å². The topological polar surface area (TPSA) is 15.8 Å². The van der Waals surface area contributed by atoms with E-state index in [4.69, 9.17) is 0 Å². The van der Waals surface area contributed by atoms with Gasteiger partial charge in [-0.15, -0.1) is 0 Å². The highest BCUT2D eigenvalue weighted by atomic mass is 14.7. The van der Waals surface area contributed by atoms with Crippen LogP contribution in [0.4, 0.5) is 0 Å². The summed E-state index contributed by atoms with van der Waals surface area (Å²) in [7, 11) is 0. The van der Waals surface area contributed by atoms with Crippen LogP contribution >= 0.6 is 0 Å². The lowest BCUT2D eigenvalue weighted by atomic mass is 10.2. The second-order valence-electron chi connectivity index (χ2n) is 2.95. The minimum absolute atomic E-state index is 1.05. The van der Waals surface area contributed by atoms with Crippen LogP contribution in [0.3, 0.4) is 0 Å². The Morgan fingerprint density at radius 3 is 2.54 bits per heavy atom. The summed E-state index contributed by atoms with van der Waals surface area (Å²) in [5.74, 6) is 0. The van der Waals surface area contributed by atoms with E-state index in [0.29, 0.717) is 0 Å². The fraction of sp³-hybridized carbons (Fsp3) is 0.167. The summed E-state index contributed by atoms with van der Waals surface area (Å²) in [6, 6.07) is 0. The van der Waals surface area contributed by atoms with Gasteiger partial charge in [-0.1, -0.05) is 25.3 Å². The number of hydrogen-bond donors (Lipinski definition) is 1. The van der Waals surface area contributed by atoms with Crippen LogP contribution in [0.25, 0.3) is 18.7 Å². The molecule has 1 N–H and O–H groups in total. The number of hydrogen-bond acceptors (Lipinski definition) is 0. The molecule has 1 aromatic heterocycles. The largest absolute Gasteiger partial charge is 0.355 e. The van der Waals surface area contributed by atoms with Crippen molar-refractivity contribution in [2.45, 2.75) is 13.8 Å². The predicted molar refractivity (Wildman–Crippen MR) is 59.7 cm³/mol. The first-order valence-corrected chi connectivity index (χ1v) is 4.33. The van der Waals surface area contributed by atoms with Gasteiger partial charge in [0.1, 0.15) is 0 Å². The maximum Gasteiger partial charge on any atom is 0.0455 e. The molecule has 13 heavy (non-hydrogen) atoms. The van der Waals surface area contributed by atoms with E-state index in [-0.39, 0.29) is 0 Å². The Morgan fingerprint density at radius 1 is 1.38 bits per heavy atom. The molecule has 0 amide bonds. The van der Waals surface area contributed by atoms with Gasteiger partial charge >= 0.3 is 0 Å². The van der Waals surface area contributed by atoms with Crippen LogP contribution in [0.2, 0.25) is 0 Å². The molecule has 1 nitrogen and oxygen atoms in total. The van der Waals surface area contributed by atoms with Crippen molar-refractivity contribution in [2.24, 2.45) is 0 Å². The van der Waals surface area contributed by atoms with Crippen LogP contribution < -0.4 is 10.6 Å². The summed E-state index contributed by atoms with van der Waals surface area (Å²) in [4.78, 5) is 3.25. The monoisotopic (exact) mass is 173 g/mol. The lowest BCUT2D eigenvalue weighted by molar-refractivity contribution is 1.29. The van der Waals surface area contributed by atoms with Crippen molar-refractivity contribution in [3.05, 3.63) is 40.6 Å². The molecule has 1 aromatic rings. The average molecular weight is 173 g/mol. The molecule has 0 aliphatic rings. The minimum atomic E-state index is 1.05. The zero-order valence-corrected chi connectivity index (χ0v) is 8.22. The van der Waals surface area contributed by atoms with Gasteiger partial charge in [0.2, 0.25) is 0 Å². The summed E-state index contributed by atoms with van der Waals surface area (Å²) in [6.07, 6.45) is 7.81. The Kier molecular flexibility index (Phi) is 2.91. The Bertz CT molecular complexity index is 432. The fourth-order valence-electron chi connectivity index (χ4n) is 1.22. The Hall–Kier alpha value is -1.50. The van der Waals surface area contributed by atoms with Crippen LogP contribution in [0.5, 0.6) is 0 Å². The van der Waals surface area contributed by atoms with Crippen molar-refractivity contribution in [3.8, 4) is 0 Å². The van der Waals surface area contributed by atoms with Gasteiger partial charge in [-0.05, 0) is 36.8 Å². The van der Waals surface area contributed by atoms with E-state index in [1.807, 2.05) is 38.2 Å². The molecule has 0 radical (unpaired) electrons. The molecule has 0 saturated carbocycles. The van der Waals surface area contributed by atoms with E-state index in [1.165, 1.54) is 5.56 Å². The highest BCUT2D eigenvalue weighted by Crippen LogP contribution is 1.96. The predicted octanol–water partition coefficient (Wildman–Crippen LogP) is 1.73. The molecule has 0 saturated heterocycles. The Morgan fingerprint density at radius 2 is 2.08 bits per heavy atom. The van der Waals surface area contributed by atoms with Gasteiger partial charge in [0.25, 0.3) is 0 Å². The second kappa shape index (κ2) is 3.94. The molecule has 0 aromatic carbocycles. The third-order valence-corrected chi connectivity index (χ3v) is 2.11. The number of aromatic amines is 1. The first-order valence-electron chi connectivity index (χ1n) is 4.33. The van der Waals surface area contributed by atoms with Crippen molar-refractivity contribution in [3.63, 3.8) is 0 Å². The molecule has 0 unspecified atom stereocenters. The summed E-state index contributed by atoms with van der Waals surface area (Å²) in [5, 5.41) is 2.11. The normalized spacial score (nSPS) is 12.6. The van der Waals surface area contributed by atoms with Gasteiger partial charge in [0, 0.05) is 11.0 Å². The number of aromatic nitrogens is 1. The zero-order valence-electron chi connectivity index (χ0n) is 8.22. The van der Waals surface area contributed by atoms with Gasteiger partial charge in [-0.25, -0.2) is 0 Å².